The molecule has 1 atom stereocenters. The number of amides is 3. The van der Waals surface area contributed by atoms with E-state index in [0.717, 1.165) is 22.2 Å². The lowest BCUT2D eigenvalue weighted by Gasteiger charge is -2.09. The average molecular weight is 380 g/mol. The summed E-state index contributed by atoms with van der Waals surface area (Å²) in [6.07, 6.45) is 0. The lowest BCUT2D eigenvalue weighted by Crippen LogP contribution is -2.39. The number of hydrogen-bond acceptors (Lipinski definition) is 7. The van der Waals surface area contributed by atoms with Crippen LogP contribution in [-0.4, -0.2) is 27.2 Å². The third-order valence-electron chi connectivity index (χ3n) is 3.11. The summed E-state index contributed by atoms with van der Waals surface area (Å²) < 4.78 is 0. The molecule has 4 N–H and O–H groups in total. The van der Waals surface area contributed by atoms with Gasteiger partial charge in [0.25, 0.3) is 5.56 Å². The fourth-order valence-electron chi connectivity index (χ4n) is 2.04. The fraction of sp³-hybridized carbons (Fsp3) is 0.143. The van der Waals surface area contributed by atoms with E-state index in [4.69, 9.17) is 5.73 Å². The Bertz CT molecular complexity index is 961. The van der Waals surface area contributed by atoms with E-state index in [1.54, 1.807) is 18.3 Å². The minimum absolute atomic E-state index is 0.255. The average Bonchev–Trinajstić information content (AvgIpc) is 3.14. The van der Waals surface area contributed by atoms with Gasteiger partial charge >= 0.3 is 6.03 Å². The van der Waals surface area contributed by atoms with Crippen molar-refractivity contribution < 1.29 is 9.59 Å². The predicted octanol–water partition coefficient (Wildman–Crippen LogP) is 2.39. The summed E-state index contributed by atoms with van der Waals surface area (Å²) in [4.78, 5) is 43.6. The maximum absolute atomic E-state index is 12.4. The predicted molar refractivity (Wildman–Crippen MR) is 96.6 cm³/mol. The number of carbonyl (C=O) groups excluding carboxylic acids is 2. The molecule has 0 saturated heterocycles. The molecule has 0 radical (unpaired) electrons. The Morgan fingerprint density at radius 1 is 1.42 bits per heavy atom. The quantitative estimate of drug-likeness (QED) is 0.474. The number of imide groups is 1. The molecule has 7 nitrogen and oxygen atoms in total. The summed E-state index contributed by atoms with van der Waals surface area (Å²) in [7, 11) is 0. The molecular weight excluding hydrogens is 368 g/mol. The van der Waals surface area contributed by atoms with Gasteiger partial charge < -0.3 is 10.7 Å². The zero-order chi connectivity index (χ0) is 17.3. The second kappa shape index (κ2) is 6.75. The van der Waals surface area contributed by atoms with Crippen molar-refractivity contribution >= 4 is 56.6 Å². The van der Waals surface area contributed by atoms with Crippen molar-refractivity contribution in [3.8, 4) is 10.4 Å². The van der Waals surface area contributed by atoms with Crippen LogP contribution in [0.4, 0.5) is 4.79 Å². The summed E-state index contributed by atoms with van der Waals surface area (Å²) in [5, 5.41) is 6.08. The number of H-pyrrole nitrogens is 1. The van der Waals surface area contributed by atoms with Crippen LogP contribution >= 0.6 is 34.4 Å². The number of thiophene rings is 2. The molecule has 24 heavy (non-hydrogen) atoms. The number of carbonyl (C=O) groups is 2. The molecule has 124 valence electrons. The second-order valence-electron chi connectivity index (χ2n) is 4.79. The molecule has 10 heteroatoms. The Morgan fingerprint density at radius 3 is 2.88 bits per heavy atom. The van der Waals surface area contributed by atoms with Crippen LogP contribution in [0, 0.1) is 0 Å². The van der Waals surface area contributed by atoms with E-state index in [0.29, 0.717) is 15.4 Å². The molecule has 0 saturated carbocycles. The van der Waals surface area contributed by atoms with E-state index in [2.05, 4.69) is 9.97 Å². The largest absolute Gasteiger partial charge is 0.351 e. The van der Waals surface area contributed by atoms with Crippen molar-refractivity contribution in [3.05, 3.63) is 33.2 Å². The SMILES string of the molecule is C[C@H](Sc1nc2scc(-c3cccs3)c2c(=O)[nH]1)C(=O)NC(N)=O. The van der Waals surface area contributed by atoms with Crippen molar-refractivity contribution in [1.82, 2.24) is 15.3 Å². The molecule has 0 spiro atoms. The highest BCUT2D eigenvalue weighted by Crippen LogP contribution is 2.34. The lowest BCUT2D eigenvalue weighted by atomic mass is 10.2. The van der Waals surface area contributed by atoms with E-state index in [1.165, 1.54) is 11.3 Å². The van der Waals surface area contributed by atoms with E-state index >= 15 is 0 Å². The fourth-order valence-corrected chi connectivity index (χ4v) is 4.66. The molecule has 0 fully saturated rings. The van der Waals surface area contributed by atoms with Gasteiger partial charge in [-0.25, -0.2) is 9.78 Å². The number of nitrogens with one attached hydrogen (secondary N) is 2. The van der Waals surface area contributed by atoms with Gasteiger partial charge in [-0.1, -0.05) is 17.8 Å². The summed E-state index contributed by atoms with van der Waals surface area (Å²) >= 11 is 3.98. The summed E-state index contributed by atoms with van der Waals surface area (Å²) in [6, 6.07) is 2.96. The first-order chi connectivity index (χ1) is 11.5. The van der Waals surface area contributed by atoms with Crippen LogP contribution in [0.3, 0.4) is 0 Å². The third kappa shape index (κ3) is 3.35. The first-order valence-corrected chi connectivity index (χ1v) is 9.42. The van der Waals surface area contributed by atoms with Crippen molar-refractivity contribution in [2.24, 2.45) is 5.73 Å². The standard InChI is InChI=1S/C14H12N4O3S3/c1-6(10(19)16-13(15)21)24-14-17-11(20)9-7(5-23-12(9)18-14)8-3-2-4-22-8/h2-6H,1H3,(H,17,18,20)(H3,15,16,19,21)/t6-/m0/s1. The Morgan fingerprint density at radius 2 is 2.21 bits per heavy atom. The molecule has 3 amide bonds. The minimum atomic E-state index is -0.914. The molecule has 0 unspecified atom stereocenters. The number of aromatic nitrogens is 2. The van der Waals surface area contributed by atoms with Crippen LogP contribution in [0.2, 0.25) is 0 Å². The Kier molecular flexibility index (Phi) is 4.69. The lowest BCUT2D eigenvalue weighted by molar-refractivity contribution is -0.119. The van der Waals surface area contributed by atoms with Crippen molar-refractivity contribution in [2.75, 3.05) is 0 Å². The summed E-state index contributed by atoms with van der Waals surface area (Å²) in [5.41, 5.74) is 5.52. The maximum Gasteiger partial charge on any atom is 0.318 e. The first kappa shape index (κ1) is 16.7. The Balaban J connectivity index is 1.91. The number of nitrogens with two attached hydrogens (primary N) is 1. The van der Waals surface area contributed by atoms with E-state index in [9.17, 15) is 14.4 Å². The number of hydrogen-bond donors (Lipinski definition) is 3. The van der Waals surface area contributed by atoms with Gasteiger partial charge in [-0.3, -0.25) is 14.9 Å². The molecule has 0 bridgehead atoms. The van der Waals surface area contributed by atoms with Gasteiger partial charge in [-0.05, 0) is 18.4 Å². The molecule has 3 aromatic heterocycles. The van der Waals surface area contributed by atoms with Crippen LogP contribution in [-0.2, 0) is 4.79 Å². The van der Waals surface area contributed by atoms with Gasteiger partial charge in [0.1, 0.15) is 4.83 Å². The highest BCUT2D eigenvalue weighted by Gasteiger charge is 2.19. The Hall–Kier alpha value is -2.17. The normalized spacial score (nSPS) is 12.2. The summed E-state index contributed by atoms with van der Waals surface area (Å²) in [5.74, 6) is -0.541. The smallest absolute Gasteiger partial charge is 0.318 e. The number of fused-ring (bicyclic) bond motifs is 1. The monoisotopic (exact) mass is 380 g/mol. The topological polar surface area (TPSA) is 118 Å². The van der Waals surface area contributed by atoms with Crippen LogP contribution < -0.4 is 16.6 Å². The van der Waals surface area contributed by atoms with Crippen LogP contribution in [0.1, 0.15) is 6.92 Å². The number of rotatable bonds is 4. The van der Waals surface area contributed by atoms with Gasteiger partial charge in [0.15, 0.2) is 5.16 Å². The molecule has 0 aromatic carbocycles. The van der Waals surface area contributed by atoms with Crippen LogP contribution in [0.5, 0.6) is 0 Å². The van der Waals surface area contributed by atoms with Gasteiger partial charge in [0.05, 0.1) is 10.6 Å². The van der Waals surface area contributed by atoms with Crippen molar-refractivity contribution in [1.29, 1.82) is 0 Å². The molecule has 3 heterocycles. The van der Waals surface area contributed by atoms with Crippen LogP contribution in [0.25, 0.3) is 20.7 Å². The van der Waals surface area contributed by atoms with Crippen molar-refractivity contribution in [2.45, 2.75) is 17.3 Å². The number of aromatic amines is 1. The molecular formula is C14H12N4O3S3. The first-order valence-electron chi connectivity index (χ1n) is 6.78. The molecule has 3 rings (SSSR count). The van der Waals surface area contributed by atoms with E-state index in [-0.39, 0.29) is 5.56 Å². The minimum Gasteiger partial charge on any atom is -0.351 e. The van der Waals surface area contributed by atoms with Crippen molar-refractivity contribution in [3.63, 3.8) is 0 Å². The van der Waals surface area contributed by atoms with Gasteiger partial charge in [0.2, 0.25) is 5.91 Å². The van der Waals surface area contributed by atoms with Gasteiger partial charge in [-0.2, -0.15) is 0 Å². The zero-order valence-corrected chi connectivity index (χ0v) is 14.8. The summed E-state index contributed by atoms with van der Waals surface area (Å²) in [6.45, 7) is 1.60. The van der Waals surface area contributed by atoms with Gasteiger partial charge in [-0.15, -0.1) is 22.7 Å². The third-order valence-corrected chi connectivity index (χ3v) is 5.87. The van der Waals surface area contributed by atoms with E-state index < -0.39 is 17.2 Å². The Labute approximate surface area is 148 Å². The number of primary amides is 1. The number of thioether (sulfide) groups is 1. The van der Waals surface area contributed by atoms with Crippen LogP contribution in [0.15, 0.2) is 32.8 Å². The molecule has 0 aliphatic carbocycles. The van der Waals surface area contributed by atoms with Gasteiger partial charge in [0, 0.05) is 15.8 Å². The highest BCUT2D eigenvalue weighted by atomic mass is 32.2. The van der Waals surface area contributed by atoms with E-state index in [1.807, 2.05) is 28.2 Å². The molecule has 0 aliphatic heterocycles. The second-order valence-corrected chi connectivity index (χ2v) is 7.93. The zero-order valence-electron chi connectivity index (χ0n) is 12.4. The number of nitrogens with zero attached hydrogens (tertiary/aromatic N) is 1. The highest BCUT2D eigenvalue weighted by molar-refractivity contribution is 8.00. The number of urea groups is 1. The maximum atomic E-state index is 12.4. The molecule has 3 aromatic rings. The molecule has 0 aliphatic rings.